The molecule has 0 bridgehead atoms. The Bertz CT molecular complexity index is 553. The van der Waals surface area contributed by atoms with Gasteiger partial charge in [-0.1, -0.05) is 13.3 Å². The van der Waals surface area contributed by atoms with Gasteiger partial charge in [-0.25, -0.2) is 0 Å². The second-order valence-electron chi connectivity index (χ2n) is 5.17. The average molecular weight is 275 g/mol. The lowest BCUT2D eigenvalue weighted by atomic mass is 10.2. The molecule has 5 heteroatoms. The van der Waals surface area contributed by atoms with Gasteiger partial charge in [-0.3, -0.25) is 9.36 Å². The maximum Gasteiger partial charge on any atom is 0.148 e. The van der Waals surface area contributed by atoms with Gasteiger partial charge in [0.2, 0.25) is 0 Å². The molecule has 0 spiro atoms. The zero-order chi connectivity index (χ0) is 14.5. The minimum atomic E-state index is 0.774. The third-order valence-electron chi connectivity index (χ3n) is 3.67. The molecule has 0 fully saturated rings. The van der Waals surface area contributed by atoms with Crippen LogP contribution >= 0.6 is 0 Å². The standard InChI is InChI=1S/C15H25N5/c1-5-7-8-20-12(3)9-15(18-20)16-10-14-11-17-19(6-2)13(14)4/h9,11H,5-8,10H2,1-4H3,(H,16,18). The molecule has 0 aliphatic carbocycles. The average Bonchev–Trinajstić information content (AvgIpc) is 2.97. The van der Waals surface area contributed by atoms with Gasteiger partial charge in [0.15, 0.2) is 0 Å². The van der Waals surface area contributed by atoms with Crippen LogP contribution in [0, 0.1) is 13.8 Å². The lowest BCUT2D eigenvalue weighted by Gasteiger charge is -2.04. The Morgan fingerprint density at radius 3 is 2.65 bits per heavy atom. The second kappa shape index (κ2) is 6.59. The molecule has 2 aromatic heterocycles. The van der Waals surface area contributed by atoms with Gasteiger partial charge < -0.3 is 5.32 Å². The molecule has 0 unspecified atom stereocenters. The van der Waals surface area contributed by atoms with Crippen molar-refractivity contribution in [2.24, 2.45) is 0 Å². The Morgan fingerprint density at radius 1 is 1.20 bits per heavy atom. The molecule has 20 heavy (non-hydrogen) atoms. The first kappa shape index (κ1) is 14.6. The van der Waals surface area contributed by atoms with E-state index in [4.69, 9.17) is 0 Å². The van der Waals surface area contributed by atoms with E-state index in [1.165, 1.54) is 29.8 Å². The van der Waals surface area contributed by atoms with E-state index in [1.807, 2.05) is 10.9 Å². The number of aryl methyl sites for hydroxylation is 3. The highest BCUT2D eigenvalue weighted by molar-refractivity contribution is 5.37. The number of nitrogens with one attached hydrogen (secondary N) is 1. The lowest BCUT2D eigenvalue weighted by molar-refractivity contribution is 0.560. The summed E-state index contributed by atoms with van der Waals surface area (Å²) in [4.78, 5) is 0. The summed E-state index contributed by atoms with van der Waals surface area (Å²) in [7, 11) is 0. The Labute approximate surface area is 121 Å². The summed E-state index contributed by atoms with van der Waals surface area (Å²) in [5.41, 5.74) is 3.66. The van der Waals surface area contributed by atoms with Crippen molar-refractivity contribution < 1.29 is 0 Å². The van der Waals surface area contributed by atoms with Crippen molar-refractivity contribution in [1.29, 1.82) is 0 Å². The Kier molecular flexibility index (Phi) is 4.82. The largest absolute Gasteiger partial charge is 0.364 e. The van der Waals surface area contributed by atoms with Crippen LogP contribution < -0.4 is 5.32 Å². The molecule has 0 radical (unpaired) electrons. The van der Waals surface area contributed by atoms with Gasteiger partial charge in [0, 0.05) is 42.7 Å². The fourth-order valence-electron chi connectivity index (χ4n) is 2.29. The van der Waals surface area contributed by atoms with Crippen LogP contribution in [-0.4, -0.2) is 19.6 Å². The van der Waals surface area contributed by atoms with Gasteiger partial charge in [0.05, 0.1) is 6.20 Å². The summed E-state index contributed by atoms with van der Waals surface area (Å²) in [6, 6.07) is 2.11. The highest BCUT2D eigenvalue weighted by Crippen LogP contribution is 2.13. The summed E-state index contributed by atoms with van der Waals surface area (Å²) >= 11 is 0. The Morgan fingerprint density at radius 2 is 2.00 bits per heavy atom. The number of hydrogen-bond acceptors (Lipinski definition) is 3. The smallest absolute Gasteiger partial charge is 0.148 e. The molecular weight excluding hydrogens is 250 g/mol. The number of unbranched alkanes of at least 4 members (excludes halogenated alkanes) is 1. The van der Waals surface area contributed by atoms with E-state index in [0.29, 0.717) is 0 Å². The quantitative estimate of drug-likeness (QED) is 0.844. The second-order valence-corrected chi connectivity index (χ2v) is 5.17. The van der Waals surface area contributed by atoms with Crippen molar-refractivity contribution in [3.05, 3.63) is 29.2 Å². The molecule has 0 aliphatic rings. The topological polar surface area (TPSA) is 47.7 Å². The minimum Gasteiger partial charge on any atom is -0.364 e. The van der Waals surface area contributed by atoms with Crippen molar-refractivity contribution in [3.63, 3.8) is 0 Å². The molecule has 2 aromatic rings. The molecule has 2 rings (SSSR count). The molecule has 0 saturated carbocycles. The van der Waals surface area contributed by atoms with Gasteiger partial charge in [0.25, 0.3) is 0 Å². The first-order valence-corrected chi connectivity index (χ1v) is 7.45. The zero-order valence-corrected chi connectivity index (χ0v) is 13.0. The number of hydrogen-bond donors (Lipinski definition) is 1. The molecule has 0 aliphatic heterocycles. The van der Waals surface area contributed by atoms with E-state index >= 15 is 0 Å². The monoisotopic (exact) mass is 275 g/mol. The summed E-state index contributed by atoms with van der Waals surface area (Å²) < 4.78 is 4.09. The van der Waals surface area contributed by atoms with Gasteiger partial charge in [0.1, 0.15) is 5.82 Å². The molecule has 2 heterocycles. The van der Waals surface area contributed by atoms with Gasteiger partial charge >= 0.3 is 0 Å². The summed E-state index contributed by atoms with van der Waals surface area (Å²) in [5.74, 6) is 0.947. The molecule has 110 valence electrons. The van der Waals surface area contributed by atoms with Crippen LogP contribution in [0.2, 0.25) is 0 Å². The van der Waals surface area contributed by atoms with Crippen LogP contribution in [0.1, 0.15) is 43.6 Å². The summed E-state index contributed by atoms with van der Waals surface area (Å²) in [6.45, 7) is 11.2. The molecule has 5 nitrogen and oxygen atoms in total. The predicted molar refractivity (Wildman–Crippen MR) is 81.8 cm³/mol. The third kappa shape index (κ3) is 3.21. The van der Waals surface area contributed by atoms with E-state index in [1.54, 1.807) is 0 Å². The van der Waals surface area contributed by atoms with Crippen molar-refractivity contribution in [3.8, 4) is 0 Å². The first-order chi connectivity index (χ1) is 9.65. The fourth-order valence-corrected chi connectivity index (χ4v) is 2.29. The van der Waals surface area contributed by atoms with Crippen molar-refractivity contribution in [1.82, 2.24) is 19.6 Å². The van der Waals surface area contributed by atoms with Crippen LogP contribution in [0.3, 0.4) is 0 Å². The highest BCUT2D eigenvalue weighted by Gasteiger charge is 2.07. The SMILES string of the molecule is CCCCn1nc(NCc2cnn(CC)c2C)cc1C. The summed E-state index contributed by atoms with van der Waals surface area (Å²) in [6.07, 6.45) is 4.30. The number of anilines is 1. The van der Waals surface area contributed by atoms with E-state index in [-0.39, 0.29) is 0 Å². The lowest BCUT2D eigenvalue weighted by Crippen LogP contribution is -2.05. The normalized spacial score (nSPS) is 11.0. The molecule has 0 saturated heterocycles. The van der Waals surface area contributed by atoms with E-state index < -0.39 is 0 Å². The van der Waals surface area contributed by atoms with E-state index in [0.717, 1.165) is 25.5 Å². The molecular formula is C15H25N5. The Balaban J connectivity index is 1.98. The zero-order valence-electron chi connectivity index (χ0n) is 13.0. The number of nitrogens with zero attached hydrogens (tertiary/aromatic N) is 4. The van der Waals surface area contributed by atoms with Gasteiger partial charge in [-0.15, -0.1) is 0 Å². The molecule has 0 aromatic carbocycles. The molecule has 1 N–H and O–H groups in total. The fraction of sp³-hybridized carbons (Fsp3) is 0.600. The number of aromatic nitrogens is 4. The van der Waals surface area contributed by atoms with Crippen LogP contribution in [0.15, 0.2) is 12.3 Å². The first-order valence-electron chi connectivity index (χ1n) is 7.45. The summed E-state index contributed by atoms with van der Waals surface area (Å²) in [5, 5.41) is 12.3. The highest BCUT2D eigenvalue weighted by atomic mass is 15.3. The maximum atomic E-state index is 4.60. The van der Waals surface area contributed by atoms with Crippen molar-refractivity contribution in [2.75, 3.05) is 5.32 Å². The van der Waals surface area contributed by atoms with Gasteiger partial charge in [-0.05, 0) is 27.2 Å². The predicted octanol–water partition coefficient (Wildman–Crippen LogP) is 3.13. The van der Waals surface area contributed by atoms with Crippen LogP contribution in [-0.2, 0) is 19.6 Å². The number of rotatable bonds is 7. The minimum absolute atomic E-state index is 0.774. The van der Waals surface area contributed by atoms with Crippen LogP contribution in [0.4, 0.5) is 5.82 Å². The van der Waals surface area contributed by atoms with Crippen LogP contribution in [0.25, 0.3) is 0 Å². The molecule has 0 atom stereocenters. The van der Waals surface area contributed by atoms with Crippen molar-refractivity contribution in [2.45, 2.75) is 60.2 Å². The molecule has 0 amide bonds. The third-order valence-corrected chi connectivity index (χ3v) is 3.67. The van der Waals surface area contributed by atoms with Crippen LogP contribution in [0.5, 0.6) is 0 Å². The van der Waals surface area contributed by atoms with E-state index in [9.17, 15) is 0 Å². The van der Waals surface area contributed by atoms with Crippen molar-refractivity contribution >= 4 is 5.82 Å². The Hall–Kier alpha value is -1.78. The van der Waals surface area contributed by atoms with Gasteiger partial charge in [-0.2, -0.15) is 10.2 Å². The van der Waals surface area contributed by atoms with E-state index in [2.05, 4.69) is 54.0 Å². The maximum absolute atomic E-state index is 4.60.